The smallest absolute Gasteiger partial charge is 0.253 e. The second kappa shape index (κ2) is 23.3. The van der Waals surface area contributed by atoms with E-state index in [1.807, 2.05) is 76.5 Å². The van der Waals surface area contributed by atoms with Gasteiger partial charge in [-0.25, -0.2) is 15.0 Å². The number of aliphatic hydroxyl groups is 1. The number of piperazine rings is 2. The van der Waals surface area contributed by atoms with Crippen LogP contribution in [-0.4, -0.2) is 172 Å². The molecule has 1 saturated carbocycles. The summed E-state index contributed by atoms with van der Waals surface area (Å²) in [6.07, 6.45) is 1.77. The number of hydrogen-bond acceptors (Lipinski definition) is 15. The Morgan fingerprint density at radius 2 is 1.50 bits per heavy atom. The van der Waals surface area contributed by atoms with Gasteiger partial charge in [0.15, 0.2) is 0 Å². The summed E-state index contributed by atoms with van der Waals surface area (Å²) >= 11 is 1.59. The van der Waals surface area contributed by atoms with Gasteiger partial charge in [0.25, 0.3) is 5.91 Å². The lowest BCUT2D eigenvalue weighted by molar-refractivity contribution is -0.165. The SMILES string of the molecule is Cc1nc(O[C@H]2C(C)(C)[C@H](NC(=O)c3ccc(N4CCN(CCCN5CCN(CC(=O)N[C@H](C(=O)N6C[C@H](O)C[C@H]6C(=O)N[C@@H](C)c6ccc(-c7scnc7C)cc6)C(C)(C)C)CC5)CC4)nc3)C2(C)C)ccc1C#N. The topological polar surface area (TPSA) is 212 Å². The van der Waals surface area contributed by atoms with E-state index in [1.54, 1.807) is 36.6 Å². The number of aliphatic hydroxyl groups excluding tert-OH is 1. The van der Waals surface area contributed by atoms with E-state index >= 15 is 0 Å². The van der Waals surface area contributed by atoms with E-state index in [0.717, 1.165) is 99.4 Å². The predicted molar refractivity (Wildman–Crippen MR) is 294 cm³/mol. The van der Waals surface area contributed by atoms with Crippen LogP contribution in [0, 0.1) is 41.4 Å². The van der Waals surface area contributed by atoms with Crippen LogP contribution in [0.5, 0.6) is 5.88 Å². The summed E-state index contributed by atoms with van der Waals surface area (Å²) < 4.78 is 6.36. The number of rotatable bonds is 17. The van der Waals surface area contributed by atoms with Crippen LogP contribution < -0.4 is 25.6 Å². The highest BCUT2D eigenvalue weighted by molar-refractivity contribution is 7.13. The van der Waals surface area contributed by atoms with Crippen molar-refractivity contribution in [3.63, 3.8) is 0 Å². The van der Waals surface area contributed by atoms with Crippen LogP contribution in [0.4, 0.5) is 5.82 Å². The minimum Gasteiger partial charge on any atom is -0.473 e. The molecule has 4 aliphatic rings. The van der Waals surface area contributed by atoms with Crippen LogP contribution in [0.1, 0.15) is 107 Å². The molecular weight excluding hydrogens is 981 g/mol. The fourth-order valence-electron chi connectivity index (χ4n) is 11.9. The largest absolute Gasteiger partial charge is 0.473 e. The molecule has 3 saturated heterocycles. The monoisotopic (exact) mass is 1060 g/mol. The van der Waals surface area contributed by atoms with Crippen molar-refractivity contribution in [2.75, 3.05) is 83.4 Å². The molecule has 4 atom stereocenters. The van der Waals surface area contributed by atoms with Crippen molar-refractivity contribution in [1.29, 1.82) is 5.26 Å². The second-order valence-electron chi connectivity index (χ2n) is 23.5. The minimum atomic E-state index is -0.889. The number of aryl methyl sites for hydroxylation is 2. The third-order valence-corrected chi connectivity index (χ3v) is 17.1. The standard InChI is InChI=1S/C57H78N12O6S/c1-36(39-12-14-40(15-13-39)48-38(3)60-35-76-48)62-51(73)44-30-43(70)33-69(44)52(74)49(55(4,5)6)63-46(71)34-67-24-22-65(23-25-67)20-11-21-66-26-28-68(29-27-66)45-18-16-42(32-59-45)50(72)64-53-56(7,8)54(57(53,9)10)75-47-19-17-41(31-58)37(2)61-47/h12-19,32,35-36,43-44,49,53-54,70H,11,20-30,33-34H2,1-10H3,(H,62,73)(H,63,71)(H,64,72)/t36-,43+,44-,49+,53-,54-/m0/s1. The number of ether oxygens (including phenoxy) is 1. The van der Waals surface area contributed by atoms with Crippen molar-refractivity contribution in [2.24, 2.45) is 16.2 Å². The Labute approximate surface area is 452 Å². The number of benzene rings is 1. The molecule has 4 fully saturated rings. The number of nitrogens with one attached hydrogen (secondary N) is 3. The lowest BCUT2D eigenvalue weighted by Crippen LogP contribution is -2.74. The number of nitrogens with zero attached hydrogens (tertiary/aromatic N) is 9. The van der Waals surface area contributed by atoms with Gasteiger partial charge in [0.05, 0.1) is 51.6 Å². The fourth-order valence-corrected chi connectivity index (χ4v) is 12.7. The number of β-amino-alcohol motifs (C(OH)–C–C–N with tert-alkyl or cyclic N) is 1. The van der Waals surface area contributed by atoms with Gasteiger partial charge in [-0.3, -0.25) is 29.0 Å². The number of pyridine rings is 2. The summed E-state index contributed by atoms with van der Waals surface area (Å²) in [6, 6.07) is 15.2. The van der Waals surface area contributed by atoms with E-state index in [2.05, 4.69) is 79.3 Å². The van der Waals surface area contributed by atoms with Crippen LogP contribution in [0.3, 0.4) is 0 Å². The van der Waals surface area contributed by atoms with Crippen molar-refractivity contribution < 1.29 is 29.0 Å². The molecule has 6 heterocycles. The number of amides is 4. The third kappa shape index (κ3) is 12.7. The maximum atomic E-state index is 14.3. The Bertz CT molecular complexity index is 2720. The van der Waals surface area contributed by atoms with Gasteiger partial charge in [-0.1, -0.05) is 72.7 Å². The van der Waals surface area contributed by atoms with Crippen molar-refractivity contribution in [3.8, 4) is 22.4 Å². The average molecular weight is 1060 g/mol. The number of thiazole rings is 1. The van der Waals surface area contributed by atoms with Crippen molar-refractivity contribution >= 4 is 40.8 Å². The summed E-state index contributed by atoms with van der Waals surface area (Å²) in [5, 5.41) is 29.4. The summed E-state index contributed by atoms with van der Waals surface area (Å²) in [5.41, 5.74) is 5.03. The maximum absolute atomic E-state index is 14.3. The summed E-state index contributed by atoms with van der Waals surface area (Å²) in [4.78, 5) is 80.6. The second-order valence-corrected chi connectivity index (χ2v) is 24.4. The minimum absolute atomic E-state index is 0.0181. The number of carbonyl (C=O) groups is 4. The third-order valence-electron chi connectivity index (χ3n) is 16.1. The molecule has 1 aromatic carbocycles. The molecule has 3 aromatic heterocycles. The summed E-state index contributed by atoms with van der Waals surface area (Å²) in [6.45, 7) is 28.6. The van der Waals surface area contributed by atoms with Crippen LogP contribution >= 0.6 is 11.3 Å². The normalized spacial score (nSPS) is 22.7. The van der Waals surface area contributed by atoms with Gasteiger partial charge < -0.3 is 40.5 Å². The molecule has 76 heavy (non-hydrogen) atoms. The van der Waals surface area contributed by atoms with Gasteiger partial charge in [-0.2, -0.15) is 5.26 Å². The lowest BCUT2D eigenvalue weighted by Gasteiger charge is -2.62. The molecule has 0 spiro atoms. The van der Waals surface area contributed by atoms with Crippen LogP contribution in [0.2, 0.25) is 0 Å². The van der Waals surface area contributed by atoms with Crippen LogP contribution in [0.15, 0.2) is 60.2 Å². The molecule has 1 aliphatic carbocycles. The van der Waals surface area contributed by atoms with Crippen LogP contribution in [-0.2, 0) is 14.4 Å². The molecule has 8 rings (SSSR count). The number of anilines is 1. The molecule has 19 heteroatoms. The van der Waals surface area contributed by atoms with E-state index in [1.165, 1.54) is 4.90 Å². The Kier molecular flexibility index (Phi) is 17.2. The predicted octanol–water partition coefficient (Wildman–Crippen LogP) is 5.20. The number of hydrogen-bond donors (Lipinski definition) is 4. The molecule has 4 N–H and O–H groups in total. The zero-order chi connectivity index (χ0) is 54.7. The first-order valence-electron chi connectivity index (χ1n) is 26.9. The molecule has 3 aliphatic heterocycles. The maximum Gasteiger partial charge on any atom is 0.253 e. The fraction of sp³-hybridized carbons (Fsp3) is 0.579. The molecular formula is C57H78N12O6S. The zero-order valence-corrected chi connectivity index (χ0v) is 46.9. The first-order valence-corrected chi connectivity index (χ1v) is 27.7. The Balaban J connectivity index is 0.728. The Hall–Kier alpha value is -6.04. The van der Waals surface area contributed by atoms with Gasteiger partial charge in [0.2, 0.25) is 23.6 Å². The van der Waals surface area contributed by atoms with E-state index in [0.29, 0.717) is 22.7 Å². The molecule has 4 amide bonds. The van der Waals surface area contributed by atoms with Crippen LogP contribution in [0.25, 0.3) is 10.4 Å². The number of aromatic nitrogens is 3. The van der Waals surface area contributed by atoms with Crippen molar-refractivity contribution in [2.45, 2.75) is 118 Å². The molecule has 0 radical (unpaired) electrons. The highest BCUT2D eigenvalue weighted by Gasteiger charge is 2.64. The highest BCUT2D eigenvalue weighted by atomic mass is 32.1. The molecule has 0 unspecified atom stereocenters. The van der Waals surface area contributed by atoms with Gasteiger partial charge >= 0.3 is 0 Å². The molecule has 0 bridgehead atoms. The molecule has 4 aromatic rings. The number of nitriles is 1. The number of carbonyl (C=O) groups excluding carboxylic acids is 4. The quantitative estimate of drug-likeness (QED) is 0.107. The van der Waals surface area contributed by atoms with Crippen molar-refractivity contribution in [3.05, 3.63) is 88.3 Å². The highest BCUT2D eigenvalue weighted by Crippen LogP contribution is 2.55. The molecule has 18 nitrogen and oxygen atoms in total. The van der Waals surface area contributed by atoms with Gasteiger partial charge in [0.1, 0.15) is 30.1 Å². The lowest BCUT2D eigenvalue weighted by atomic mass is 9.49. The molecule has 408 valence electrons. The Morgan fingerprint density at radius 3 is 2.08 bits per heavy atom. The average Bonchev–Trinajstić information content (AvgIpc) is 4.01. The summed E-state index contributed by atoms with van der Waals surface area (Å²) in [7, 11) is 0. The van der Waals surface area contributed by atoms with Gasteiger partial charge in [-0.15, -0.1) is 11.3 Å². The van der Waals surface area contributed by atoms with Gasteiger partial charge in [-0.05, 0) is 75.0 Å². The summed E-state index contributed by atoms with van der Waals surface area (Å²) in [5.74, 6) is 0.212. The van der Waals surface area contributed by atoms with E-state index < -0.39 is 23.6 Å². The first-order chi connectivity index (χ1) is 36.0. The van der Waals surface area contributed by atoms with E-state index in [9.17, 15) is 29.5 Å². The van der Waals surface area contributed by atoms with Gasteiger partial charge in [0, 0.05) is 94.5 Å². The first kappa shape index (κ1) is 56.2. The Morgan fingerprint density at radius 1 is 0.855 bits per heavy atom. The number of likely N-dealkylation sites (tertiary alicyclic amines) is 1. The zero-order valence-electron chi connectivity index (χ0n) is 46.1. The van der Waals surface area contributed by atoms with E-state index in [-0.39, 0.29) is 72.2 Å². The van der Waals surface area contributed by atoms with E-state index in [4.69, 9.17) is 9.72 Å². The van der Waals surface area contributed by atoms with Crippen molar-refractivity contribution in [1.82, 2.24) is 50.5 Å².